The van der Waals surface area contributed by atoms with Crippen molar-refractivity contribution in [2.45, 2.75) is 32.2 Å². The van der Waals surface area contributed by atoms with E-state index in [1.54, 1.807) is 26.0 Å². The van der Waals surface area contributed by atoms with E-state index in [-0.39, 0.29) is 19.1 Å². The minimum Gasteiger partial charge on any atom is -0.370 e. The first kappa shape index (κ1) is 16.6. The third-order valence-corrected chi connectivity index (χ3v) is 3.73. The number of carbonyl (C=O) groups excluding carboxylic acids is 1. The predicted octanol–water partition coefficient (Wildman–Crippen LogP) is 0.905. The Kier molecular flexibility index (Phi) is 6.12. The molecule has 1 rings (SSSR count). The van der Waals surface area contributed by atoms with Crippen LogP contribution in [0.1, 0.15) is 31.7 Å². The predicted molar refractivity (Wildman–Crippen MR) is 76.1 cm³/mol. The molecule has 0 spiro atoms. The fourth-order valence-electron chi connectivity index (χ4n) is 1.74. The van der Waals surface area contributed by atoms with Gasteiger partial charge in [-0.05, 0) is 19.4 Å². The molecule has 1 aromatic rings. The smallest absolute Gasteiger partial charge is 0.336 e. The van der Waals surface area contributed by atoms with E-state index in [9.17, 15) is 13.2 Å². The first-order valence-electron chi connectivity index (χ1n) is 6.30. The molecular formula is C13H20N2O4S. The van der Waals surface area contributed by atoms with Crippen LogP contribution in [0, 0.1) is 0 Å². The summed E-state index contributed by atoms with van der Waals surface area (Å²) in [6.07, 6.45) is 0.0290. The second-order valence-electron chi connectivity index (χ2n) is 4.79. The highest BCUT2D eigenvalue weighted by Gasteiger charge is 2.19. The Hall–Kier alpha value is -1.44. The fraction of sp³-hybridized carbons (Fsp3) is 0.462. The monoisotopic (exact) mass is 300 g/mol. The number of benzene rings is 1. The maximum Gasteiger partial charge on any atom is 0.336 e. The SMILES string of the molecule is CC(C)NS(=O)(=O)OC[C@@H](CC(N)=O)c1ccccc1. The molecule has 20 heavy (non-hydrogen) atoms. The summed E-state index contributed by atoms with van der Waals surface area (Å²) in [6, 6.07) is 8.81. The van der Waals surface area contributed by atoms with Gasteiger partial charge in [0.1, 0.15) is 0 Å². The van der Waals surface area contributed by atoms with Crippen LogP contribution in [-0.2, 0) is 19.3 Å². The van der Waals surface area contributed by atoms with Crippen molar-refractivity contribution in [1.29, 1.82) is 0 Å². The van der Waals surface area contributed by atoms with Gasteiger partial charge in [0.2, 0.25) is 5.91 Å². The third kappa shape index (κ3) is 6.14. The Bertz CT molecular complexity index is 529. The van der Waals surface area contributed by atoms with Crippen LogP contribution >= 0.6 is 0 Å². The second-order valence-corrected chi connectivity index (χ2v) is 6.17. The first-order valence-corrected chi connectivity index (χ1v) is 7.71. The number of amides is 1. The van der Waals surface area contributed by atoms with Crippen molar-refractivity contribution in [3.05, 3.63) is 35.9 Å². The molecule has 0 saturated carbocycles. The van der Waals surface area contributed by atoms with Crippen LogP contribution < -0.4 is 10.5 Å². The molecule has 0 aliphatic carbocycles. The number of nitrogens with two attached hydrogens (primary N) is 1. The summed E-state index contributed by atoms with van der Waals surface area (Å²) in [5.41, 5.74) is 6.00. The number of hydrogen-bond acceptors (Lipinski definition) is 4. The zero-order valence-corrected chi connectivity index (χ0v) is 12.4. The molecule has 1 aromatic carbocycles. The van der Waals surface area contributed by atoms with E-state index in [0.717, 1.165) is 5.56 Å². The Morgan fingerprint density at radius 3 is 2.40 bits per heavy atom. The summed E-state index contributed by atoms with van der Waals surface area (Å²) in [4.78, 5) is 11.1. The van der Waals surface area contributed by atoms with E-state index in [2.05, 4.69) is 4.72 Å². The van der Waals surface area contributed by atoms with Gasteiger partial charge in [-0.3, -0.25) is 8.98 Å². The summed E-state index contributed by atoms with van der Waals surface area (Å²) in [5, 5.41) is 0. The van der Waals surface area contributed by atoms with E-state index in [4.69, 9.17) is 9.92 Å². The zero-order valence-electron chi connectivity index (χ0n) is 11.6. The lowest BCUT2D eigenvalue weighted by Crippen LogP contribution is -2.33. The van der Waals surface area contributed by atoms with Gasteiger partial charge in [-0.25, -0.2) is 0 Å². The van der Waals surface area contributed by atoms with E-state index < -0.39 is 22.1 Å². The number of nitrogens with one attached hydrogen (secondary N) is 1. The maximum absolute atomic E-state index is 11.6. The molecule has 0 aliphatic rings. The lowest BCUT2D eigenvalue weighted by atomic mass is 9.96. The molecular weight excluding hydrogens is 280 g/mol. The minimum absolute atomic E-state index is 0.0290. The van der Waals surface area contributed by atoms with Crippen molar-refractivity contribution in [3.8, 4) is 0 Å². The van der Waals surface area contributed by atoms with Crippen LogP contribution in [0.25, 0.3) is 0 Å². The van der Waals surface area contributed by atoms with Gasteiger partial charge in [-0.15, -0.1) is 0 Å². The molecule has 0 bridgehead atoms. The number of carbonyl (C=O) groups is 1. The quantitative estimate of drug-likeness (QED) is 0.745. The number of hydrogen-bond donors (Lipinski definition) is 2. The molecule has 1 amide bonds. The topological polar surface area (TPSA) is 98.5 Å². The molecule has 0 radical (unpaired) electrons. The summed E-state index contributed by atoms with van der Waals surface area (Å²) < 4.78 is 30.5. The summed E-state index contributed by atoms with van der Waals surface area (Å²) in [6.45, 7) is 3.26. The van der Waals surface area contributed by atoms with Gasteiger partial charge in [0, 0.05) is 18.4 Å². The average Bonchev–Trinajstić information content (AvgIpc) is 2.33. The normalized spacial score (nSPS) is 13.3. The van der Waals surface area contributed by atoms with Gasteiger partial charge < -0.3 is 5.73 Å². The minimum atomic E-state index is -3.82. The molecule has 0 saturated heterocycles. The van der Waals surface area contributed by atoms with Crippen LogP contribution in [0.2, 0.25) is 0 Å². The highest BCUT2D eigenvalue weighted by Crippen LogP contribution is 2.20. The average molecular weight is 300 g/mol. The Labute approximate surface area is 119 Å². The summed E-state index contributed by atoms with van der Waals surface area (Å²) in [7, 11) is -3.82. The van der Waals surface area contributed by atoms with E-state index in [1.807, 2.05) is 18.2 Å². The van der Waals surface area contributed by atoms with Crippen LogP contribution in [0.5, 0.6) is 0 Å². The van der Waals surface area contributed by atoms with Gasteiger partial charge in [-0.2, -0.15) is 13.1 Å². The van der Waals surface area contributed by atoms with Gasteiger partial charge in [0.05, 0.1) is 6.61 Å². The first-order chi connectivity index (χ1) is 9.30. The van der Waals surface area contributed by atoms with Gasteiger partial charge in [-0.1, -0.05) is 30.3 Å². The largest absolute Gasteiger partial charge is 0.370 e. The lowest BCUT2D eigenvalue weighted by Gasteiger charge is -2.16. The van der Waals surface area contributed by atoms with Crippen LogP contribution in [0.3, 0.4) is 0 Å². The van der Waals surface area contributed by atoms with Gasteiger partial charge >= 0.3 is 10.3 Å². The number of primary amides is 1. The molecule has 7 heteroatoms. The van der Waals surface area contributed by atoms with Crippen LogP contribution in [0.15, 0.2) is 30.3 Å². The fourth-order valence-corrected chi connectivity index (χ4v) is 2.72. The summed E-state index contributed by atoms with van der Waals surface area (Å²) >= 11 is 0. The van der Waals surface area contributed by atoms with Crippen molar-refractivity contribution in [2.75, 3.05) is 6.61 Å². The Balaban J connectivity index is 2.74. The Morgan fingerprint density at radius 2 is 1.90 bits per heavy atom. The molecule has 6 nitrogen and oxygen atoms in total. The molecule has 112 valence electrons. The maximum atomic E-state index is 11.6. The van der Waals surface area contributed by atoms with Crippen LogP contribution in [-0.4, -0.2) is 27.0 Å². The molecule has 0 aromatic heterocycles. The molecule has 0 heterocycles. The number of rotatable bonds is 8. The van der Waals surface area contributed by atoms with Crippen molar-refractivity contribution < 1.29 is 17.4 Å². The second kappa shape index (κ2) is 7.37. The highest BCUT2D eigenvalue weighted by atomic mass is 32.2. The molecule has 0 unspecified atom stereocenters. The van der Waals surface area contributed by atoms with E-state index in [0.29, 0.717) is 0 Å². The molecule has 0 fully saturated rings. The highest BCUT2D eigenvalue weighted by molar-refractivity contribution is 7.84. The standard InChI is InChI=1S/C13H20N2O4S/c1-10(2)15-20(17,18)19-9-12(8-13(14)16)11-6-4-3-5-7-11/h3-7,10,12,15H,8-9H2,1-2H3,(H2,14,16)/t12-/m1/s1. The Morgan fingerprint density at radius 1 is 1.30 bits per heavy atom. The van der Waals surface area contributed by atoms with Crippen molar-refractivity contribution >= 4 is 16.2 Å². The summed E-state index contributed by atoms with van der Waals surface area (Å²) in [5.74, 6) is -0.894. The van der Waals surface area contributed by atoms with E-state index in [1.165, 1.54) is 0 Å². The third-order valence-electron chi connectivity index (χ3n) is 2.52. The van der Waals surface area contributed by atoms with Crippen molar-refractivity contribution in [1.82, 2.24) is 4.72 Å². The van der Waals surface area contributed by atoms with Gasteiger partial charge in [0.15, 0.2) is 0 Å². The molecule has 1 atom stereocenters. The molecule has 0 aliphatic heterocycles. The zero-order chi connectivity index (χ0) is 15.2. The van der Waals surface area contributed by atoms with Crippen molar-refractivity contribution in [3.63, 3.8) is 0 Å². The lowest BCUT2D eigenvalue weighted by molar-refractivity contribution is -0.118. The van der Waals surface area contributed by atoms with Crippen LogP contribution in [0.4, 0.5) is 0 Å². The molecule has 3 N–H and O–H groups in total. The van der Waals surface area contributed by atoms with E-state index >= 15 is 0 Å². The van der Waals surface area contributed by atoms with Gasteiger partial charge in [0.25, 0.3) is 0 Å². The van der Waals surface area contributed by atoms with Crippen molar-refractivity contribution in [2.24, 2.45) is 5.73 Å².